The molecule has 0 aliphatic carbocycles. The predicted molar refractivity (Wildman–Crippen MR) is 59.0 cm³/mol. The number of H-pyrrole nitrogens is 1. The number of nitrogen functional groups attached to an aromatic ring is 1. The lowest BCUT2D eigenvalue weighted by Gasteiger charge is -2.03. The van der Waals surface area contributed by atoms with Gasteiger partial charge in [-0.25, -0.2) is 4.79 Å². The number of aromatic nitrogens is 2. The minimum atomic E-state index is -0.494. The van der Waals surface area contributed by atoms with E-state index < -0.39 is 5.97 Å². The zero-order valence-corrected chi connectivity index (χ0v) is 8.69. The van der Waals surface area contributed by atoms with Gasteiger partial charge in [-0.3, -0.25) is 9.36 Å². The number of rotatable bonds is 2. The molecule has 84 valence electrons. The zero-order valence-electron chi connectivity index (χ0n) is 8.69. The number of fused-ring (bicyclic) bond motifs is 1. The normalized spacial score (nSPS) is 10.6. The van der Waals surface area contributed by atoms with E-state index >= 15 is 0 Å². The van der Waals surface area contributed by atoms with Crippen LogP contribution in [0, 0.1) is 0 Å². The molecule has 0 radical (unpaired) electrons. The van der Waals surface area contributed by atoms with Crippen LogP contribution in [0.4, 0.5) is 5.69 Å². The molecule has 0 saturated carbocycles. The molecule has 0 fully saturated rings. The van der Waals surface area contributed by atoms with Gasteiger partial charge in [0.1, 0.15) is 6.54 Å². The summed E-state index contributed by atoms with van der Waals surface area (Å²) in [6.07, 6.45) is 0. The molecule has 0 bridgehead atoms. The van der Waals surface area contributed by atoms with Gasteiger partial charge in [0.25, 0.3) is 0 Å². The zero-order chi connectivity index (χ0) is 11.7. The van der Waals surface area contributed by atoms with Gasteiger partial charge >= 0.3 is 11.7 Å². The van der Waals surface area contributed by atoms with Crippen LogP contribution in [0.15, 0.2) is 23.0 Å². The molecule has 1 aromatic carbocycles. The summed E-state index contributed by atoms with van der Waals surface area (Å²) in [5, 5.41) is 0. The van der Waals surface area contributed by atoms with Crippen LogP contribution in [0.25, 0.3) is 11.0 Å². The van der Waals surface area contributed by atoms with Gasteiger partial charge in [-0.05, 0) is 12.1 Å². The number of aromatic amines is 1. The monoisotopic (exact) mass is 221 g/mol. The summed E-state index contributed by atoms with van der Waals surface area (Å²) < 4.78 is 5.77. The number of benzene rings is 1. The van der Waals surface area contributed by atoms with Crippen molar-refractivity contribution in [1.82, 2.24) is 9.55 Å². The van der Waals surface area contributed by atoms with E-state index in [0.29, 0.717) is 16.7 Å². The van der Waals surface area contributed by atoms with Gasteiger partial charge in [0.05, 0.1) is 23.8 Å². The number of hydrogen-bond donors (Lipinski definition) is 2. The minimum absolute atomic E-state index is 0.149. The Morgan fingerprint density at radius 2 is 2.31 bits per heavy atom. The first kappa shape index (κ1) is 10.3. The molecule has 1 heterocycles. The number of nitrogens with one attached hydrogen (secondary N) is 1. The van der Waals surface area contributed by atoms with E-state index in [0.717, 1.165) is 0 Å². The lowest BCUT2D eigenvalue weighted by atomic mass is 10.3. The van der Waals surface area contributed by atoms with Crippen LogP contribution in [-0.4, -0.2) is 22.6 Å². The summed E-state index contributed by atoms with van der Waals surface area (Å²) in [7, 11) is 1.27. The van der Waals surface area contributed by atoms with Crippen molar-refractivity contribution in [3.05, 3.63) is 28.7 Å². The number of imidazole rings is 1. The van der Waals surface area contributed by atoms with E-state index in [1.165, 1.54) is 11.7 Å². The van der Waals surface area contributed by atoms with Gasteiger partial charge in [-0.1, -0.05) is 6.07 Å². The fraction of sp³-hybridized carbons (Fsp3) is 0.200. The molecular formula is C10H11N3O3. The highest BCUT2D eigenvalue weighted by Gasteiger charge is 2.12. The number of ether oxygens (including phenoxy) is 1. The van der Waals surface area contributed by atoms with Crippen molar-refractivity contribution in [2.75, 3.05) is 12.8 Å². The number of anilines is 1. The first-order valence-electron chi connectivity index (χ1n) is 4.67. The summed E-state index contributed by atoms with van der Waals surface area (Å²) in [6, 6.07) is 5.13. The SMILES string of the molecule is COC(=O)Cn1c(=O)[nH]c2cccc(N)c21. The first-order chi connectivity index (χ1) is 7.63. The van der Waals surface area contributed by atoms with Crippen LogP contribution in [0.1, 0.15) is 0 Å². The van der Waals surface area contributed by atoms with Gasteiger partial charge in [0.15, 0.2) is 0 Å². The molecule has 0 spiro atoms. The van der Waals surface area contributed by atoms with Crippen LogP contribution >= 0.6 is 0 Å². The van der Waals surface area contributed by atoms with Crippen LogP contribution < -0.4 is 11.4 Å². The second kappa shape index (κ2) is 3.73. The van der Waals surface area contributed by atoms with Crippen LogP contribution in [0.3, 0.4) is 0 Å². The third-order valence-corrected chi connectivity index (χ3v) is 2.34. The molecule has 0 unspecified atom stereocenters. The Labute approximate surface area is 90.6 Å². The summed E-state index contributed by atoms with van der Waals surface area (Å²) in [5.74, 6) is -0.494. The fourth-order valence-electron chi connectivity index (χ4n) is 1.59. The van der Waals surface area contributed by atoms with Crippen molar-refractivity contribution >= 4 is 22.7 Å². The quantitative estimate of drug-likeness (QED) is 0.555. The molecule has 0 atom stereocenters. The van der Waals surface area contributed by atoms with E-state index in [2.05, 4.69) is 9.72 Å². The fourth-order valence-corrected chi connectivity index (χ4v) is 1.59. The van der Waals surface area contributed by atoms with Gasteiger partial charge < -0.3 is 15.5 Å². The van der Waals surface area contributed by atoms with Gasteiger partial charge in [0.2, 0.25) is 0 Å². The highest BCUT2D eigenvalue weighted by atomic mass is 16.5. The molecule has 2 rings (SSSR count). The average molecular weight is 221 g/mol. The Hall–Kier alpha value is -2.24. The smallest absolute Gasteiger partial charge is 0.327 e. The first-order valence-corrected chi connectivity index (χ1v) is 4.67. The number of para-hydroxylation sites is 1. The summed E-state index contributed by atoms with van der Waals surface area (Å²) in [5.41, 5.74) is 6.95. The van der Waals surface area contributed by atoms with Crippen LogP contribution in [0.5, 0.6) is 0 Å². The molecule has 3 N–H and O–H groups in total. The standard InChI is InChI=1S/C10H11N3O3/c1-16-8(14)5-13-9-6(11)3-2-4-7(9)12-10(13)15/h2-4H,5,11H2,1H3,(H,12,15). The maximum atomic E-state index is 11.6. The van der Waals surface area contributed by atoms with Gasteiger partial charge in [-0.15, -0.1) is 0 Å². The number of hydrogen-bond acceptors (Lipinski definition) is 4. The molecule has 0 saturated heterocycles. The largest absolute Gasteiger partial charge is 0.468 e. The van der Waals surface area contributed by atoms with Crippen molar-refractivity contribution in [2.45, 2.75) is 6.54 Å². The van der Waals surface area contributed by atoms with Crippen molar-refractivity contribution in [3.63, 3.8) is 0 Å². The molecule has 2 aromatic rings. The number of nitrogens with two attached hydrogens (primary N) is 1. The molecule has 1 aromatic heterocycles. The van der Waals surface area contributed by atoms with E-state index in [4.69, 9.17) is 5.73 Å². The number of carbonyl (C=O) groups excluding carboxylic acids is 1. The van der Waals surface area contributed by atoms with E-state index in [-0.39, 0.29) is 12.2 Å². The Balaban J connectivity index is 2.64. The minimum Gasteiger partial charge on any atom is -0.468 e. The Bertz CT molecular complexity index is 597. The molecule has 0 amide bonds. The van der Waals surface area contributed by atoms with E-state index in [1.54, 1.807) is 18.2 Å². The number of methoxy groups -OCH3 is 1. The third kappa shape index (κ3) is 1.54. The average Bonchev–Trinajstić information content (AvgIpc) is 2.56. The topological polar surface area (TPSA) is 90.1 Å². The van der Waals surface area contributed by atoms with Crippen LogP contribution in [-0.2, 0) is 16.1 Å². The highest BCUT2D eigenvalue weighted by molar-refractivity contribution is 5.88. The van der Waals surface area contributed by atoms with Crippen molar-refractivity contribution in [3.8, 4) is 0 Å². The highest BCUT2D eigenvalue weighted by Crippen LogP contribution is 2.17. The molecule has 6 heteroatoms. The Morgan fingerprint density at radius 1 is 1.56 bits per heavy atom. The number of carbonyl (C=O) groups is 1. The Morgan fingerprint density at radius 3 is 3.00 bits per heavy atom. The second-order valence-electron chi connectivity index (χ2n) is 3.34. The Kier molecular flexibility index (Phi) is 2.40. The molecular weight excluding hydrogens is 210 g/mol. The summed E-state index contributed by atoms with van der Waals surface area (Å²) in [4.78, 5) is 25.4. The summed E-state index contributed by atoms with van der Waals surface area (Å²) >= 11 is 0. The predicted octanol–water partition coefficient (Wildman–Crippen LogP) is 0.0848. The maximum Gasteiger partial charge on any atom is 0.327 e. The van der Waals surface area contributed by atoms with Crippen molar-refractivity contribution < 1.29 is 9.53 Å². The van der Waals surface area contributed by atoms with Crippen LogP contribution in [0.2, 0.25) is 0 Å². The lowest BCUT2D eigenvalue weighted by Crippen LogP contribution is -2.22. The van der Waals surface area contributed by atoms with E-state index in [1.807, 2.05) is 0 Å². The molecule has 6 nitrogen and oxygen atoms in total. The maximum absolute atomic E-state index is 11.6. The number of nitrogens with zero attached hydrogens (tertiary/aromatic N) is 1. The van der Waals surface area contributed by atoms with E-state index in [9.17, 15) is 9.59 Å². The lowest BCUT2D eigenvalue weighted by molar-refractivity contribution is -0.141. The molecule has 0 aliphatic rings. The number of esters is 1. The molecule has 0 aliphatic heterocycles. The third-order valence-electron chi connectivity index (χ3n) is 2.34. The second-order valence-corrected chi connectivity index (χ2v) is 3.34. The van der Waals surface area contributed by atoms with Gasteiger partial charge in [0, 0.05) is 0 Å². The van der Waals surface area contributed by atoms with Crippen molar-refractivity contribution in [2.24, 2.45) is 0 Å². The summed E-state index contributed by atoms with van der Waals surface area (Å²) in [6.45, 7) is -0.149. The molecule has 16 heavy (non-hydrogen) atoms. The van der Waals surface area contributed by atoms with Crippen molar-refractivity contribution in [1.29, 1.82) is 0 Å². The van der Waals surface area contributed by atoms with Gasteiger partial charge in [-0.2, -0.15) is 0 Å².